The number of carbonyl (C=O) groups is 1. The number of carbonyl (C=O) groups excluding carboxylic acids is 1. The van der Waals surface area contributed by atoms with Crippen LogP contribution < -0.4 is 5.32 Å². The van der Waals surface area contributed by atoms with Crippen LogP contribution in [0, 0.1) is 21.7 Å². The summed E-state index contributed by atoms with van der Waals surface area (Å²) in [5.74, 6) is -3.18. The van der Waals surface area contributed by atoms with Gasteiger partial charge in [-0.15, -0.1) is 0 Å². The van der Waals surface area contributed by atoms with E-state index in [1.165, 1.54) is 0 Å². The van der Waals surface area contributed by atoms with Crippen LogP contribution >= 0.6 is 0 Å². The van der Waals surface area contributed by atoms with Crippen LogP contribution in [0.3, 0.4) is 0 Å². The van der Waals surface area contributed by atoms with Crippen molar-refractivity contribution in [2.45, 2.75) is 32.6 Å². The third kappa shape index (κ3) is 4.25. The lowest BCUT2D eigenvalue weighted by Gasteiger charge is -2.06. The van der Waals surface area contributed by atoms with Gasteiger partial charge >= 0.3 is 5.69 Å². The number of amides is 1. The molecule has 0 unspecified atom stereocenters. The van der Waals surface area contributed by atoms with Crippen LogP contribution in [0.4, 0.5) is 14.5 Å². The van der Waals surface area contributed by atoms with Gasteiger partial charge in [-0.2, -0.15) is 4.39 Å². The van der Waals surface area contributed by atoms with Crippen LogP contribution in [0.5, 0.6) is 0 Å². The quantitative estimate of drug-likeness (QED) is 0.475. The topological polar surface area (TPSA) is 72.2 Å². The van der Waals surface area contributed by atoms with Crippen molar-refractivity contribution in [3.63, 3.8) is 0 Å². The van der Waals surface area contributed by atoms with Crippen molar-refractivity contribution < 1.29 is 18.5 Å². The Morgan fingerprint density at radius 1 is 1.30 bits per heavy atom. The molecule has 0 radical (unpaired) electrons. The minimum Gasteiger partial charge on any atom is -0.352 e. The highest BCUT2D eigenvalue weighted by atomic mass is 19.1. The lowest BCUT2D eigenvalue weighted by molar-refractivity contribution is -0.387. The number of unbranched alkanes of at least 4 members (excludes halogenated alkanes) is 3. The van der Waals surface area contributed by atoms with E-state index in [9.17, 15) is 23.7 Å². The summed E-state index contributed by atoms with van der Waals surface area (Å²) in [7, 11) is 0. The number of hydrogen-bond acceptors (Lipinski definition) is 3. The molecule has 0 saturated carbocycles. The molecule has 5 nitrogen and oxygen atoms in total. The first kappa shape index (κ1) is 16.0. The molecule has 1 rings (SSSR count). The van der Waals surface area contributed by atoms with Gasteiger partial charge in [0.25, 0.3) is 5.91 Å². The van der Waals surface area contributed by atoms with E-state index in [1.807, 2.05) is 6.92 Å². The normalized spacial score (nSPS) is 10.3. The van der Waals surface area contributed by atoms with Gasteiger partial charge in [-0.25, -0.2) is 4.39 Å². The van der Waals surface area contributed by atoms with Crippen LogP contribution in [-0.2, 0) is 0 Å². The molecule has 0 saturated heterocycles. The van der Waals surface area contributed by atoms with E-state index in [4.69, 9.17) is 0 Å². The maximum absolute atomic E-state index is 13.7. The number of nitrogens with one attached hydrogen (secondary N) is 1. The number of nitro groups is 1. The van der Waals surface area contributed by atoms with Gasteiger partial charge in [-0.05, 0) is 12.5 Å². The van der Waals surface area contributed by atoms with E-state index >= 15 is 0 Å². The fraction of sp³-hybridized carbons (Fsp3) is 0.462. The molecular formula is C13H16F2N2O3. The number of nitro benzene ring substituents is 1. The van der Waals surface area contributed by atoms with Gasteiger partial charge in [0.1, 0.15) is 5.82 Å². The molecule has 1 aromatic rings. The van der Waals surface area contributed by atoms with Crippen molar-refractivity contribution in [3.8, 4) is 0 Å². The van der Waals surface area contributed by atoms with E-state index in [1.54, 1.807) is 0 Å². The lowest BCUT2D eigenvalue weighted by Crippen LogP contribution is -2.25. The highest BCUT2D eigenvalue weighted by Gasteiger charge is 2.23. The Hall–Kier alpha value is -2.05. The maximum atomic E-state index is 13.7. The Morgan fingerprint density at radius 2 is 2.00 bits per heavy atom. The van der Waals surface area contributed by atoms with Gasteiger partial charge in [0, 0.05) is 6.54 Å². The first-order chi connectivity index (χ1) is 9.47. The zero-order valence-electron chi connectivity index (χ0n) is 11.1. The van der Waals surface area contributed by atoms with Crippen LogP contribution in [0.1, 0.15) is 43.0 Å². The molecule has 20 heavy (non-hydrogen) atoms. The molecule has 1 aromatic carbocycles. The highest BCUT2D eigenvalue weighted by Crippen LogP contribution is 2.22. The Bertz CT molecular complexity index is 507. The number of hydrogen-bond donors (Lipinski definition) is 1. The molecule has 7 heteroatoms. The third-order valence-electron chi connectivity index (χ3n) is 2.78. The predicted molar refractivity (Wildman–Crippen MR) is 69.5 cm³/mol. The smallest absolute Gasteiger partial charge is 0.308 e. The Kier molecular flexibility index (Phi) is 6.02. The van der Waals surface area contributed by atoms with Gasteiger partial charge in [0.15, 0.2) is 0 Å². The van der Waals surface area contributed by atoms with Crippen LogP contribution in [0.25, 0.3) is 0 Å². The van der Waals surface area contributed by atoms with E-state index in [0.29, 0.717) is 18.7 Å². The first-order valence-corrected chi connectivity index (χ1v) is 6.39. The van der Waals surface area contributed by atoms with Gasteiger partial charge in [0.2, 0.25) is 5.82 Å². The molecule has 0 aliphatic carbocycles. The Labute approximate surface area is 115 Å². The van der Waals surface area contributed by atoms with Crippen LogP contribution in [0.15, 0.2) is 12.1 Å². The monoisotopic (exact) mass is 286 g/mol. The van der Waals surface area contributed by atoms with Crippen LogP contribution in [-0.4, -0.2) is 17.4 Å². The maximum Gasteiger partial charge on any atom is 0.308 e. The van der Waals surface area contributed by atoms with Crippen molar-refractivity contribution in [1.29, 1.82) is 0 Å². The second-order valence-electron chi connectivity index (χ2n) is 4.36. The minimum atomic E-state index is -1.32. The third-order valence-corrected chi connectivity index (χ3v) is 2.78. The Balaban J connectivity index is 2.75. The van der Waals surface area contributed by atoms with Crippen molar-refractivity contribution in [2.75, 3.05) is 6.54 Å². The molecule has 0 spiro atoms. The molecule has 0 aliphatic rings. The fourth-order valence-corrected chi connectivity index (χ4v) is 1.72. The molecule has 1 amide bonds. The molecule has 0 bridgehead atoms. The molecular weight excluding hydrogens is 270 g/mol. The summed E-state index contributed by atoms with van der Waals surface area (Å²) in [4.78, 5) is 21.2. The number of nitrogens with zero attached hydrogens (tertiary/aromatic N) is 1. The number of benzene rings is 1. The van der Waals surface area contributed by atoms with Gasteiger partial charge < -0.3 is 5.32 Å². The van der Waals surface area contributed by atoms with Gasteiger partial charge in [0.05, 0.1) is 16.6 Å². The number of halogens is 2. The zero-order valence-corrected chi connectivity index (χ0v) is 11.1. The highest BCUT2D eigenvalue weighted by molar-refractivity contribution is 5.95. The van der Waals surface area contributed by atoms with E-state index < -0.39 is 33.7 Å². The molecule has 0 atom stereocenters. The molecule has 0 heterocycles. The fourth-order valence-electron chi connectivity index (χ4n) is 1.72. The van der Waals surface area contributed by atoms with Crippen molar-refractivity contribution in [1.82, 2.24) is 5.32 Å². The SMILES string of the molecule is CCCCCCNC(=O)c1cc(F)cc([N+](=O)[O-])c1F. The summed E-state index contributed by atoms with van der Waals surface area (Å²) in [6, 6.07) is 1.11. The molecule has 0 fully saturated rings. The largest absolute Gasteiger partial charge is 0.352 e. The zero-order chi connectivity index (χ0) is 15.1. The summed E-state index contributed by atoms with van der Waals surface area (Å²) in [6.07, 6.45) is 3.70. The van der Waals surface area contributed by atoms with Gasteiger partial charge in [-0.3, -0.25) is 14.9 Å². The second kappa shape index (κ2) is 7.52. The lowest BCUT2D eigenvalue weighted by atomic mass is 10.1. The second-order valence-corrected chi connectivity index (χ2v) is 4.36. The summed E-state index contributed by atoms with van der Waals surface area (Å²) >= 11 is 0. The summed E-state index contributed by atoms with van der Waals surface area (Å²) in [5.41, 5.74) is -1.69. The minimum absolute atomic E-state index is 0.322. The van der Waals surface area contributed by atoms with Crippen LogP contribution in [0.2, 0.25) is 0 Å². The van der Waals surface area contributed by atoms with E-state index in [-0.39, 0.29) is 0 Å². The van der Waals surface area contributed by atoms with E-state index in [2.05, 4.69) is 5.32 Å². The summed E-state index contributed by atoms with van der Waals surface area (Å²) in [6.45, 7) is 2.36. The number of rotatable bonds is 7. The average Bonchev–Trinajstić information content (AvgIpc) is 2.40. The summed E-state index contributed by atoms with van der Waals surface area (Å²) in [5, 5.41) is 13.0. The van der Waals surface area contributed by atoms with Gasteiger partial charge in [-0.1, -0.05) is 26.2 Å². The molecule has 1 N–H and O–H groups in total. The predicted octanol–water partition coefficient (Wildman–Crippen LogP) is 3.18. The van der Waals surface area contributed by atoms with Crippen molar-refractivity contribution >= 4 is 11.6 Å². The molecule has 110 valence electrons. The summed E-state index contributed by atoms with van der Waals surface area (Å²) < 4.78 is 26.9. The van der Waals surface area contributed by atoms with Crippen molar-refractivity contribution in [2.24, 2.45) is 0 Å². The van der Waals surface area contributed by atoms with E-state index in [0.717, 1.165) is 25.7 Å². The standard InChI is InChI=1S/C13H16F2N2O3/c1-2-3-4-5-6-16-13(18)10-7-9(14)8-11(12(10)15)17(19)20/h7-8H,2-6H2,1H3,(H,16,18). The Morgan fingerprint density at radius 3 is 2.60 bits per heavy atom. The molecule has 0 aromatic heterocycles. The average molecular weight is 286 g/mol. The van der Waals surface area contributed by atoms with Crippen molar-refractivity contribution in [3.05, 3.63) is 39.4 Å². The molecule has 0 aliphatic heterocycles. The first-order valence-electron chi connectivity index (χ1n) is 6.39.